The summed E-state index contributed by atoms with van der Waals surface area (Å²) in [5, 5.41) is 13.4. The van der Waals surface area contributed by atoms with Crippen LogP contribution in [-0.4, -0.2) is 64.1 Å². The van der Waals surface area contributed by atoms with Gasteiger partial charge in [-0.2, -0.15) is 0 Å². The molecule has 1 aromatic rings. The Labute approximate surface area is 177 Å². The number of carbonyl (C=O) groups is 6. The summed E-state index contributed by atoms with van der Waals surface area (Å²) < 4.78 is 0. The topological polar surface area (TPSA) is 176 Å². The lowest BCUT2D eigenvalue weighted by Gasteiger charge is -2.19. The van der Waals surface area contributed by atoms with Crippen molar-refractivity contribution in [3.8, 4) is 0 Å². The summed E-state index contributed by atoms with van der Waals surface area (Å²) >= 11 is 0. The van der Waals surface area contributed by atoms with Crippen molar-refractivity contribution in [2.24, 2.45) is 5.73 Å². The van der Waals surface area contributed by atoms with E-state index in [1.807, 2.05) is 0 Å². The first kappa shape index (κ1) is 23.5. The van der Waals surface area contributed by atoms with Crippen molar-refractivity contribution >= 4 is 35.5 Å². The summed E-state index contributed by atoms with van der Waals surface area (Å²) in [6.07, 6.45) is -0.360. The summed E-state index contributed by atoms with van der Waals surface area (Å²) in [4.78, 5) is 71.9. The van der Waals surface area contributed by atoms with Gasteiger partial charge in [0.05, 0.1) is 11.1 Å². The number of nitrogens with zero attached hydrogens (tertiary/aromatic N) is 1. The number of carboxylic acids is 1. The van der Waals surface area contributed by atoms with Gasteiger partial charge >= 0.3 is 5.97 Å². The highest BCUT2D eigenvalue weighted by Crippen LogP contribution is 2.22. The number of nitrogens with one attached hydrogen (secondary N) is 2. The average molecular weight is 432 g/mol. The minimum absolute atomic E-state index is 0.0384. The highest BCUT2D eigenvalue weighted by Gasteiger charge is 2.34. The number of primary amides is 1. The van der Waals surface area contributed by atoms with Crippen molar-refractivity contribution in [3.63, 3.8) is 0 Å². The Kier molecular flexibility index (Phi) is 7.83. The molecule has 0 aromatic heterocycles. The molecule has 2 atom stereocenters. The monoisotopic (exact) mass is 432 g/mol. The van der Waals surface area contributed by atoms with E-state index in [1.54, 1.807) is 24.3 Å². The van der Waals surface area contributed by atoms with Crippen molar-refractivity contribution in [1.29, 1.82) is 0 Å². The molecule has 0 fully saturated rings. The number of carbonyl (C=O) groups excluding carboxylic acids is 5. The highest BCUT2D eigenvalue weighted by atomic mass is 16.4. The van der Waals surface area contributed by atoms with Crippen LogP contribution in [0, 0.1) is 0 Å². The molecule has 1 aliphatic heterocycles. The number of nitrogens with two attached hydrogens (primary N) is 1. The Morgan fingerprint density at radius 3 is 2.13 bits per heavy atom. The number of hydrogen-bond acceptors (Lipinski definition) is 6. The van der Waals surface area contributed by atoms with Crippen molar-refractivity contribution in [2.45, 2.75) is 44.7 Å². The predicted molar refractivity (Wildman–Crippen MR) is 107 cm³/mol. The first-order valence-electron chi connectivity index (χ1n) is 9.68. The van der Waals surface area contributed by atoms with E-state index >= 15 is 0 Å². The average Bonchev–Trinajstić information content (AvgIpc) is 2.95. The second kappa shape index (κ2) is 10.3. The SMILES string of the molecule is C[C@H](NC(=O)CCCN1C(=O)c2ccccc2C1=O)C(=O)N[C@H](CCC(=O)O)C(N)=O. The van der Waals surface area contributed by atoms with Gasteiger partial charge in [-0.15, -0.1) is 0 Å². The molecule has 1 aromatic carbocycles. The smallest absolute Gasteiger partial charge is 0.303 e. The van der Waals surface area contributed by atoms with Gasteiger partial charge in [0, 0.05) is 19.4 Å². The number of amides is 5. The Hall–Kier alpha value is -3.76. The molecule has 0 unspecified atom stereocenters. The fourth-order valence-corrected chi connectivity index (χ4v) is 3.07. The van der Waals surface area contributed by atoms with Crippen molar-refractivity contribution < 1.29 is 33.9 Å². The second-order valence-corrected chi connectivity index (χ2v) is 7.10. The van der Waals surface area contributed by atoms with Crippen LogP contribution in [0.25, 0.3) is 0 Å². The van der Waals surface area contributed by atoms with E-state index in [0.29, 0.717) is 11.1 Å². The number of hydrogen-bond donors (Lipinski definition) is 4. The zero-order chi connectivity index (χ0) is 23.1. The first-order valence-corrected chi connectivity index (χ1v) is 9.68. The normalized spacial score (nSPS) is 14.5. The van der Waals surface area contributed by atoms with Crippen LogP contribution in [-0.2, 0) is 19.2 Å². The van der Waals surface area contributed by atoms with Crippen LogP contribution in [0.3, 0.4) is 0 Å². The van der Waals surface area contributed by atoms with E-state index in [4.69, 9.17) is 10.8 Å². The Morgan fingerprint density at radius 2 is 1.61 bits per heavy atom. The van der Waals surface area contributed by atoms with Crippen LogP contribution in [0.4, 0.5) is 0 Å². The van der Waals surface area contributed by atoms with Crippen LogP contribution in [0.1, 0.15) is 53.3 Å². The van der Waals surface area contributed by atoms with E-state index in [9.17, 15) is 28.8 Å². The fourth-order valence-electron chi connectivity index (χ4n) is 3.07. The van der Waals surface area contributed by atoms with Gasteiger partial charge in [0.15, 0.2) is 0 Å². The van der Waals surface area contributed by atoms with Crippen molar-refractivity contribution in [2.75, 3.05) is 6.54 Å². The Morgan fingerprint density at radius 1 is 1.03 bits per heavy atom. The summed E-state index contributed by atoms with van der Waals surface area (Å²) in [5.41, 5.74) is 5.81. The zero-order valence-electron chi connectivity index (χ0n) is 16.9. The predicted octanol–water partition coefficient (Wildman–Crippen LogP) is -0.598. The third-order valence-electron chi connectivity index (χ3n) is 4.74. The summed E-state index contributed by atoms with van der Waals surface area (Å²) in [7, 11) is 0. The number of carboxylic acid groups (broad SMARTS) is 1. The number of imide groups is 1. The molecule has 0 radical (unpaired) electrons. The van der Waals surface area contributed by atoms with Crippen LogP contribution in [0.2, 0.25) is 0 Å². The van der Waals surface area contributed by atoms with Gasteiger partial charge < -0.3 is 21.5 Å². The fraction of sp³-hybridized carbons (Fsp3) is 0.400. The lowest BCUT2D eigenvalue weighted by Crippen LogP contribution is -2.52. The maximum absolute atomic E-state index is 12.3. The molecular formula is C20H24N4O7. The summed E-state index contributed by atoms with van der Waals surface area (Å²) in [5.74, 6) is -4.02. The molecule has 0 spiro atoms. The van der Waals surface area contributed by atoms with Gasteiger partial charge in [0.25, 0.3) is 11.8 Å². The maximum Gasteiger partial charge on any atom is 0.303 e. The third-order valence-corrected chi connectivity index (χ3v) is 4.74. The molecule has 0 saturated heterocycles. The Bertz CT molecular complexity index is 880. The molecule has 1 heterocycles. The molecule has 11 heteroatoms. The molecule has 2 rings (SSSR count). The minimum Gasteiger partial charge on any atom is -0.481 e. The van der Waals surface area contributed by atoms with E-state index in [2.05, 4.69) is 10.6 Å². The zero-order valence-corrected chi connectivity index (χ0v) is 16.9. The minimum atomic E-state index is -1.17. The second-order valence-electron chi connectivity index (χ2n) is 7.10. The van der Waals surface area contributed by atoms with Crippen molar-refractivity contribution in [3.05, 3.63) is 35.4 Å². The molecule has 11 nitrogen and oxygen atoms in total. The molecule has 31 heavy (non-hydrogen) atoms. The first-order chi connectivity index (χ1) is 14.6. The van der Waals surface area contributed by atoms with E-state index in [1.165, 1.54) is 6.92 Å². The molecular weight excluding hydrogens is 408 g/mol. The number of benzene rings is 1. The number of fused-ring (bicyclic) bond motifs is 1. The van der Waals surface area contributed by atoms with Crippen LogP contribution in [0.5, 0.6) is 0 Å². The molecule has 0 saturated carbocycles. The van der Waals surface area contributed by atoms with Gasteiger partial charge in [-0.25, -0.2) is 0 Å². The molecule has 5 amide bonds. The molecule has 0 bridgehead atoms. The van der Waals surface area contributed by atoms with Crippen LogP contribution < -0.4 is 16.4 Å². The molecule has 1 aliphatic rings. The molecule has 166 valence electrons. The third kappa shape index (κ3) is 6.11. The van der Waals surface area contributed by atoms with E-state index in [-0.39, 0.29) is 32.2 Å². The maximum atomic E-state index is 12.3. The van der Waals surface area contributed by atoms with E-state index in [0.717, 1.165) is 4.90 Å². The van der Waals surface area contributed by atoms with Gasteiger partial charge in [0.1, 0.15) is 12.1 Å². The molecule has 5 N–H and O–H groups in total. The summed E-state index contributed by atoms with van der Waals surface area (Å²) in [6.45, 7) is 1.45. The number of rotatable bonds is 11. The Balaban J connectivity index is 1.78. The number of aliphatic carboxylic acids is 1. The molecule has 0 aliphatic carbocycles. The van der Waals surface area contributed by atoms with Gasteiger partial charge in [0.2, 0.25) is 17.7 Å². The largest absolute Gasteiger partial charge is 0.481 e. The lowest BCUT2D eigenvalue weighted by atomic mass is 10.1. The van der Waals surface area contributed by atoms with Gasteiger partial charge in [-0.05, 0) is 31.9 Å². The van der Waals surface area contributed by atoms with Crippen LogP contribution in [0.15, 0.2) is 24.3 Å². The highest BCUT2D eigenvalue weighted by molar-refractivity contribution is 6.21. The van der Waals surface area contributed by atoms with Gasteiger partial charge in [-0.1, -0.05) is 12.1 Å². The van der Waals surface area contributed by atoms with Crippen LogP contribution >= 0.6 is 0 Å². The quantitative estimate of drug-likeness (QED) is 0.337. The van der Waals surface area contributed by atoms with Crippen molar-refractivity contribution in [1.82, 2.24) is 15.5 Å². The van der Waals surface area contributed by atoms with E-state index < -0.39 is 47.6 Å². The summed E-state index contributed by atoms with van der Waals surface area (Å²) in [6, 6.07) is 4.29. The lowest BCUT2D eigenvalue weighted by molar-refractivity contribution is -0.137. The standard InChI is InChI=1S/C20H24N4O7/c1-11(18(29)23-14(17(21)28)8-9-16(26)27)22-15(25)7-4-10-24-19(30)12-5-2-3-6-13(12)20(24)31/h2-3,5-6,11,14H,4,7-10H2,1H3,(H2,21,28)(H,22,25)(H,23,29)(H,26,27)/t11-,14+/m0/s1. The van der Waals surface area contributed by atoms with Gasteiger partial charge in [-0.3, -0.25) is 33.7 Å².